The smallest absolute Gasteiger partial charge is 0.161 e. The molecule has 5 nitrogen and oxygen atoms in total. The SMILES string of the molecule is COc1cc2c(cc1OC)C(C)(CCCN1CCN(c3ccccc3C)CC1)OCC2(C)C. The lowest BCUT2D eigenvalue weighted by Gasteiger charge is -2.44. The second kappa shape index (κ2) is 9.55. The summed E-state index contributed by atoms with van der Waals surface area (Å²) < 4.78 is 17.8. The molecule has 2 aromatic rings. The number of hydrogen-bond acceptors (Lipinski definition) is 5. The minimum atomic E-state index is -0.312. The van der Waals surface area contributed by atoms with Gasteiger partial charge in [0.1, 0.15) is 0 Å². The van der Waals surface area contributed by atoms with Gasteiger partial charge in [0.2, 0.25) is 0 Å². The minimum Gasteiger partial charge on any atom is -0.493 e. The van der Waals surface area contributed by atoms with Crippen LogP contribution in [-0.4, -0.2) is 58.5 Å². The van der Waals surface area contributed by atoms with Crippen LogP contribution in [-0.2, 0) is 15.8 Å². The molecule has 0 saturated carbocycles. The topological polar surface area (TPSA) is 34.2 Å². The molecule has 0 aliphatic carbocycles. The molecule has 0 N–H and O–H groups in total. The first-order valence-corrected chi connectivity index (χ1v) is 12.2. The fourth-order valence-corrected chi connectivity index (χ4v) is 5.35. The van der Waals surface area contributed by atoms with Gasteiger partial charge in [0.25, 0.3) is 0 Å². The third kappa shape index (κ3) is 4.85. The van der Waals surface area contributed by atoms with E-state index in [2.05, 4.69) is 73.9 Å². The second-order valence-electron chi connectivity index (χ2n) is 10.4. The molecule has 33 heavy (non-hydrogen) atoms. The van der Waals surface area contributed by atoms with Gasteiger partial charge in [-0.15, -0.1) is 0 Å². The maximum Gasteiger partial charge on any atom is 0.161 e. The molecular weight excluding hydrogens is 412 g/mol. The Morgan fingerprint density at radius 2 is 1.55 bits per heavy atom. The summed E-state index contributed by atoms with van der Waals surface area (Å²) in [6, 6.07) is 13.0. The van der Waals surface area contributed by atoms with E-state index in [1.165, 1.54) is 22.4 Å². The molecule has 1 saturated heterocycles. The van der Waals surface area contributed by atoms with Crippen LogP contribution in [0.3, 0.4) is 0 Å². The molecular formula is C28H40N2O3. The minimum absolute atomic E-state index is 0.0553. The number of hydrogen-bond donors (Lipinski definition) is 0. The Balaban J connectivity index is 1.40. The number of rotatable bonds is 7. The van der Waals surface area contributed by atoms with Crippen LogP contribution in [0.1, 0.15) is 50.3 Å². The van der Waals surface area contributed by atoms with E-state index in [-0.39, 0.29) is 11.0 Å². The number of para-hydroxylation sites is 1. The normalized spacial score (nSPS) is 22.7. The molecule has 0 amide bonds. The van der Waals surface area contributed by atoms with E-state index in [9.17, 15) is 0 Å². The van der Waals surface area contributed by atoms with E-state index < -0.39 is 0 Å². The zero-order chi connectivity index (χ0) is 23.6. The monoisotopic (exact) mass is 452 g/mol. The molecule has 180 valence electrons. The van der Waals surface area contributed by atoms with Crippen molar-refractivity contribution in [1.29, 1.82) is 0 Å². The van der Waals surface area contributed by atoms with E-state index in [1.807, 2.05) is 0 Å². The van der Waals surface area contributed by atoms with Crippen LogP contribution in [0, 0.1) is 6.92 Å². The maximum atomic E-state index is 6.53. The Hall–Kier alpha value is -2.24. The van der Waals surface area contributed by atoms with E-state index in [0.717, 1.165) is 57.1 Å². The molecule has 2 aliphatic rings. The van der Waals surface area contributed by atoms with Crippen molar-refractivity contribution in [2.24, 2.45) is 0 Å². The van der Waals surface area contributed by atoms with Gasteiger partial charge in [-0.05, 0) is 68.1 Å². The molecule has 0 spiro atoms. The van der Waals surface area contributed by atoms with Gasteiger partial charge in [0.05, 0.1) is 26.4 Å². The van der Waals surface area contributed by atoms with Crippen molar-refractivity contribution in [1.82, 2.24) is 4.90 Å². The average Bonchev–Trinajstić information content (AvgIpc) is 2.82. The van der Waals surface area contributed by atoms with E-state index in [1.54, 1.807) is 14.2 Å². The van der Waals surface area contributed by atoms with Gasteiger partial charge in [-0.25, -0.2) is 0 Å². The Morgan fingerprint density at radius 1 is 0.909 bits per heavy atom. The van der Waals surface area contributed by atoms with Crippen molar-refractivity contribution in [2.75, 3.05) is 58.5 Å². The molecule has 2 heterocycles. The van der Waals surface area contributed by atoms with Crippen molar-refractivity contribution in [3.05, 3.63) is 53.1 Å². The number of piperazine rings is 1. The summed E-state index contributed by atoms with van der Waals surface area (Å²) in [5.74, 6) is 1.57. The summed E-state index contributed by atoms with van der Waals surface area (Å²) in [6.07, 6.45) is 2.10. The van der Waals surface area contributed by atoms with Gasteiger partial charge < -0.3 is 19.1 Å². The highest BCUT2D eigenvalue weighted by molar-refractivity contribution is 5.54. The number of benzene rings is 2. The van der Waals surface area contributed by atoms with Gasteiger partial charge in [0.15, 0.2) is 11.5 Å². The fraction of sp³-hybridized carbons (Fsp3) is 0.571. The summed E-state index contributed by atoms with van der Waals surface area (Å²) in [7, 11) is 3.40. The molecule has 5 heteroatoms. The van der Waals surface area contributed by atoms with Crippen LogP contribution in [0.4, 0.5) is 5.69 Å². The Labute approximate surface area is 199 Å². The first-order chi connectivity index (χ1) is 15.8. The van der Waals surface area contributed by atoms with Gasteiger partial charge in [0, 0.05) is 37.3 Å². The van der Waals surface area contributed by atoms with Gasteiger partial charge in [-0.1, -0.05) is 32.0 Å². The van der Waals surface area contributed by atoms with Crippen molar-refractivity contribution >= 4 is 5.69 Å². The number of methoxy groups -OCH3 is 2. The first-order valence-electron chi connectivity index (χ1n) is 12.2. The summed E-state index contributed by atoms with van der Waals surface area (Å²) >= 11 is 0. The summed E-state index contributed by atoms with van der Waals surface area (Å²) in [5, 5.41) is 0. The molecule has 4 rings (SSSR count). The molecule has 2 aromatic carbocycles. The van der Waals surface area contributed by atoms with E-state index in [4.69, 9.17) is 14.2 Å². The number of nitrogens with zero attached hydrogens (tertiary/aromatic N) is 2. The zero-order valence-electron chi connectivity index (χ0n) is 21.2. The van der Waals surface area contributed by atoms with Crippen LogP contribution in [0.2, 0.25) is 0 Å². The maximum absolute atomic E-state index is 6.53. The van der Waals surface area contributed by atoms with Crippen molar-refractivity contribution < 1.29 is 14.2 Å². The van der Waals surface area contributed by atoms with Crippen LogP contribution in [0.25, 0.3) is 0 Å². The van der Waals surface area contributed by atoms with E-state index >= 15 is 0 Å². The third-order valence-corrected chi connectivity index (χ3v) is 7.53. The molecule has 0 radical (unpaired) electrons. The predicted molar refractivity (Wildman–Crippen MR) is 135 cm³/mol. The number of ether oxygens (including phenoxy) is 3. The molecule has 1 unspecified atom stereocenters. The molecule has 0 bridgehead atoms. The highest BCUT2D eigenvalue weighted by atomic mass is 16.5. The predicted octanol–water partition coefficient (Wildman–Crippen LogP) is 5.14. The average molecular weight is 453 g/mol. The lowest BCUT2D eigenvalue weighted by atomic mass is 9.73. The summed E-state index contributed by atoms with van der Waals surface area (Å²) in [6.45, 7) is 15.1. The van der Waals surface area contributed by atoms with Crippen LogP contribution in [0.5, 0.6) is 11.5 Å². The lowest BCUT2D eigenvalue weighted by molar-refractivity contribution is -0.0790. The third-order valence-electron chi connectivity index (χ3n) is 7.53. The summed E-state index contributed by atoms with van der Waals surface area (Å²) in [5.41, 5.74) is 4.92. The number of fused-ring (bicyclic) bond motifs is 1. The van der Waals surface area contributed by atoms with Crippen LogP contribution in [0.15, 0.2) is 36.4 Å². The van der Waals surface area contributed by atoms with Crippen molar-refractivity contribution in [3.63, 3.8) is 0 Å². The second-order valence-corrected chi connectivity index (χ2v) is 10.4. The van der Waals surface area contributed by atoms with Crippen LogP contribution >= 0.6 is 0 Å². The first kappa shape index (κ1) is 23.9. The van der Waals surface area contributed by atoms with Gasteiger partial charge in [-0.2, -0.15) is 0 Å². The quantitative estimate of drug-likeness (QED) is 0.581. The Morgan fingerprint density at radius 3 is 2.18 bits per heavy atom. The number of aryl methyl sites for hydroxylation is 1. The zero-order valence-corrected chi connectivity index (χ0v) is 21.2. The van der Waals surface area contributed by atoms with Crippen molar-refractivity contribution in [3.8, 4) is 11.5 Å². The van der Waals surface area contributed by atoms with Crippen LogP contribution < -0.4 is 14.4 Å². The van der Waals surface area contributed by atoms with Gasteiger partial charge in [-0.3, -0.25) is 4.90 Å². The molecule has 0 aromatic heterocycles. The standard InChI is InChI=1S/C28H40N2O3/c1-21-10-7-8-11-24(21)30-16-14-29(15-17-30)13-9-12-28(4)23-19-26(32-6)25(31-5)18-22(23)27(2,3)20-33-28/h7-8,10-11,18-19H,9,12-17,20H2,1-6H3. The molecule has 2 aliphatic heterocycles. The Bertz CT molecular complexity index is 966. The van der Waals surface area contributed by atoms with Crippen molar-refractivity contribution in [2.45, 2.75) is 51.6 Å². The fourth-order valence-electron chi connectivity index (χ4n) is 5.35. The summed E-state index contributed by atoms with van der Waals surface area (Å²) in [4.78, 5) is 5.12. The number of anilines is 1. The van der Waals surface area contributed by atoms with Gasteiger partial charge >= 0.3 is 0 Å². The van der Waals surface area contributed by atoms with E-state index in [0.29, 0.717) is 6.61 Å². The largest absolute Gasteiger partial charge is 0.493 e. The molecule has 1 atom stereocenters. The highest BCUT2D eigenvalue weighted by Crippen LogP contribution is 2.47. The lowest BCUT2D eigenvalue weighted by Crippen LogP contribution is -2.47. The Kier molecular flexibility index (Phi) is 6.92. The highest BCUT2D eigenvalue weighted by Gasteiger charge is 2.41. The molecule has 1 fully saturated rings.